The number of nitrogens with zero attached hydrogens (tertiary/aromatic N) is 1. The Bertz CT molecular complexity index is 585. The van der Waals surface area contributed by atoms with Gasteiger partial charge in [-0.1, -0.05) is 48.9 Å². The van der Waals surface area contributed by atoms with Gasteiger partial charge in [-0.3, -0.25) is 4.90 Å². The molecular formula is C20H25NO. The van der Waals surface area contributed by atoms with E-state index in [9.17, 15) is 0 Å². The average molecular weight is 295 g/mol. The number of benzene rings is 2. The number of methoxy groups -OCH3 is 1. The van der Waals surface area contributed by atoms with Crippen LogP contribution in [0.5, 0.6) is 0 Å². The normalized spacial score (nSPS) is 15.9. The van der Waals surface area contributed by atoms with E-state index in [0.29, 0.717) is 6.61 Å². The van der Waals surface area contributed by atoms with Gasteiger partial charge in [-0.25, -0.2) is 0 Å². The average Bonchev–Trinajstić information content (AvgIpc) is 2.57. The van der Waals surface area contributed by atoms with Gasteiger partial charge in [0.15, 0.2) is 0 Å². The van der Waals surface area contributed by atoms with Crippen LogP contribution in [0.3, 0.4) is 0 Å². The summed E-state index contributed by atoms with van der Waals surface area (Å²) in [6, 6.07) is 17.6. The third kappa shape index (κ3) is 3.96. The summed E-state index contributed by atoms with van der Waals surface area (Å²) in [4.78, 5) is 2.57. The predicted molar refractivity (Wildman–Crippen MR) is 91.7 cm³/mol. The first-order valence-corrected chi connectivity index (χ1v) is 8.25. The summed E-state index contributed by atoms with van der Waals surface area (Å²) in [5.41, 5.74) is 5.18. The van der Waals surface area contributed by atoms with Crippen LogP contribution >= 0.6 is 0 Å². The number of rotatable bonds is 5. The van der Waals surface area contributed by atoms with Gasteiger partial charge in [0.05, 0.1) is 6.61 Å². The highest BCUT2D eigenvalue weighted by molar-refractivity contribution is 5.64. The van der Waals surface area contributed by atoms with Crippen molar-refractivity contribution in [1.29, 1.82) is 0 Å². The summed E-state index contributed by atoms with van der Waals surface area (Å²) in [5, 5.41) is 0. The topological polar surface area (TPSA) is 12.5 Å². The lowest BCUT2D eigenvalue weighted by Crippen LogP contribution is -2.28. The van der Waals surface area contributed by atoms with Gasteiger partial charge in [0, 0.05) is 13.7 Å². The Labute approximate surface area is 133 Å². The predicted octanol–water partition coefficient (Wildman–Crippen LogP) is 4.49. The first-order chi connectivity index (χ1) is 10.8. The molecular weight excluding hydrogens is 270 g/mol. The third-order valence-electron chi connectivity index (χ3n) is 4.38. The van der Waals surface area contributed by atoms with Gasteiger partial charge >= 0.3 is 0 Å². The molecule has 0 N–H and O–H groups in total. The molecule has 0 spiro atoms. The molecule has 3 rings (SSSR count). The van der Waals surface area contributed by atoms with Crippen LogP contribution in [0, 0.1) is 0 Å². The SMILES string of the molecule is COCc1cccc(-c2ccc(CN3CCCCC3)cc2)c1. The van der Waals surface area contributed by atoms with Gasteiger partial charge < -0.3 is 4.74 Å². The molecule has 0 unspecified atom stereocenters. The second kappa shape index (κ2) is 7.57. The first kappa shape index (κ1) is 15.3. The summed E-state index contributed by atoms with van der Waals surface area (Å²) < 4.78 is 5.22. The van der Waals surface area contributed by atoms with Gasteiger partial charge in [0.25, 0.3) is 0 Å². The van der Waals surface area contributed by atoms with E-state index in [1.807, 2.05) is 0 Å². The smallest absolute Gasteiger partial charge is 0.0713 e. The maximum atomic E-state index is 5.22. The van der Waals surface area contributed by atoms with Crippen molar-refractivity contribution < 1.29 is 4.74 Å². The molecule has 116 valence electrons. The molecule has 0 atom stereocenters. The van der Waals surface area contributed by atoms with Crippen molar-refractivity contribution in [2.45, 2.75) is 32.4 Å². The van der Waals surface area contributed by atoms with Crippen LogP contribution in [0.2, 0.25) is 0 Å². The van der Waals surface area contributed by atoms with E-state index in [-0.39, 0.29) is 0 Å². The van der Waals surface area contributed by atoms with Crippen molar-refractivity contribution in [1.82, 2.24) is 4.90 Å². The fourth-order valence-electron chi connectivity index (χ4n) is 3.19. The molecule has 0 saturated carbocycles. The molecule has 2 aromatic rings. The minimum absolute atomic E-state index is 0.668. The van der Waals surface area contributed by atoms with Gasteiger partial charge in [0.1, 0.15) is 0 Å². The quantitative estimate of drug-likeness (QED) is 0.806. The Kier molecular flexibility index (Phi) is 5.25. The summed E-state index contributed by atoms with van der Waals surface area (Å²) in [6.07, 6.45) is 4.10. The first-order valence-electron chi connectivity index (χ1n) is 8.25. The van der Waals surface area contributed by atoms with E-state index < -0.39 is 0 Å². The molecule has 2 nitrogen and oxygen atoms in total. The van der Waals surface area contributed by atoms with Crippen LogP contribution in [0.4, 0.5) is 0 Å². The molecule has 1 aliphatic heterocycles. The summed E-state index contributed by atoms with van der Waals surface area (Å²) in [5.74, 6) is 0. The number of hydrogen-bond acceptors (Lipinski definition) is 2. The number of piperidine rings is 1. The maximum absolute atomic E-state index is 5.22. The van der Waals surface area contributed by atoms with Gasteiger partial charge in [-0.05, 0) is 54.3 Å². The second-order valence-electron chi connectivity index (χ2n) is 6.17. The minimum Gasteiger partial charge on any atom is -0.380 e. The van der Waals surface area contributed by atoms with Crippen LogP contribution in [0.1, 0.15) is 30.4 Å². The van der Waals surface area contributed by atoms with E-state index >= 15 is 0 Å². The Morgan fingerprint density at radius 1 is 0.864 bits per heavy atom. The van der Waals surface area contributed by atoms with Crippen LogP contribution < -0.4 is 0 Å². The Morgan fingerprint density at radius 2 is 1.64 bits per heavy atom. The highest BCUT2D eigenvalue weighted by Crippen LogP contribution is 2.22. The van der Waals surface area contributed by atoms with E-state index in [2.05, 4.69) is 53.4 Å². The Hall–Kier alpha value is -1.64. The van der Waals surface area contributed by atoms with Crippen molar-refractivity contribution >= 4 is 0 Å². The molecule has 1 aliphatic rings. The van der Waals surface area contributed by atoms with Crippen LogP contribution in [0.15, 0.2) is 48.5 Å². The van der Waals surface area contributed by atoms with Crippen LogP contribution in [-0.2, 0) is 17.9 Å². The number of likely N-dealkylation sites (tertiary alicyclic amines) is 1. The molecule has 0 radical (unpaired) electrons. The molecule has 1 fully saturated rings. The van der Waals surface area contributed by atoms with Crippen molar-refractivity contribution in [2.75, 3.05) is 20.2 Å². The van der Waals surface area contributed by atoms with Crippen LogP contribution in [-0.4, -0.2) is 25.1 Å². The van der Waals surface area contributed by atoms with E-state index in [1.54, 1.807) is 7.11 Å². The largest absolute Gasteiger partial charge is 0.380 e. The summed E-state index contributed by atoms with van der Waals surface area (Å²) in [7, 11) is 1.74. The summed E-state index contributed by atoms with van der Waals surface area (Å²) >= 11 is 0. The Morgan fingerprint density at radius 3 is 2.36 bits per heavy atom. The lowest BCUT2D eigenvalue weighted by molar-refractivity contribution is 0.185. The molecule has 0 aliphatic carbocycles. The second-order valence-corrected chi connectivity index (χ2v) is 6.17. The van der Waals surface area contributed by atoms with Gasteiger partial charge in [-0.2, -0.15) is 0 Å². The third-order valence-corrected chi connectivity index (χ3v) is 4.38. The lowest BCUT2D eigenvalue weighted by atomic mass is 10.0. The lowest BCUT2D eigenvalue weighted by Gasteiger charge is -2.26. The van der Waals surface area contributed by atoms with Crippen molar-refractivity contribution in [2.24, 2.45) is 0 Å². The van der Waals surface area contributed by atoms with E-state index in [4.69, 9.17) is 4.74 Å². The molecule has 22 heavy (non-hydrogen) atoms. The van der Waals surface area contributed by atoms with Crippen molar-refractivity contribution in [3.8, 4) is 11.1 Å². The number of hydrogen-bond donors (Lipinski definition) is 0. The van der Waals surface area contributed by atoms with E-state index in [1.165, 1.54) is 54.6 Å². The van der Waals surface area contributed by atoms with Crippen molar-refractivity contribution in [3.63, 3.8) is 0 Å². The zero-order chi connectivity index (χ0) is 15.2. The van der Waals surface area contributed by atoms with Gasteiger partial charge in [-0.15, -0.1) is 0 Å². The number of ether oxygens (including phenoxy) is 1. The maximum Gasteiger partial charge on any atom is 0.0713 e. The fraction of sp³-hybridized carbons (Fsp3) is 0.400. The summed E-state index contributed by atoms with van der Waals surface area (Å²) in [6.45, 7) is 4.26. The zero-order valence-corrected chi connectivity index (χ0v) is 13.4. The monoisotopic (exact) mass is 295 g/mol. The Balaban J connectivity index is 1.69. The molecule has 0 bridgehead atoms. The van der Waals surface area contributed by atoms with Gasteiger partial charge in [0.2, 0.25) is 0 Å². The molecule has 1 saturated heterocycles. The highest BCUT2D eigenvalue weighted by Gasteiger charge is 2.10. The molecule has 2 aromatic carbocycles. The zero-order valence-electron chi connectivity index (χ0n) is 13.4. The van der Waals surface area contributed by atoms with Crippen LogP contribution in [0.25, 0.3) is 11.1 Å². The molecule has 0 aromatic heterocycles. The molecule has 2 heteroatoms. The standard InChI is InChI=1S/C20H25NO/c1-22-16-18-6-5-7-20(14-18)19-10-8-17(9-11-19)15-21-12-3-2-4-13-21/h5-11,14H,2-4,12-13,15-16H2,1H3. The highest BCUT2D eigenvalue weighted by atomic mass is 16.5. The minimum atomic E-state index is 0.668. The van der Waals surface area contributed by atoms with E-state index in [0.717, 1.165) is 6.54 Å². The molecule has 1 heterocycles. The molecule has 0 amide bonds. The fourth-order valence-corrected chi connectivity index (χ4v) is 3.19. The van der Waals surface area contributed by atoms with Crippen molar-refractivity contribution in [3.05, 3.63) is 59.7 Å².